The summed E-state index contributed by atoms with van der Waals surface area (Å²) >= 11 is 1.92. The van der Waals surface area contributed by atoms with Crippen LogP contribution in [0.15, 0.2) is 77.0 Å². The van der Waals surface area contributed by atoms with Crippen LogP contribution in [0.2, 0.25) is 0 Å². The van der Waals surface area contributed by atoms with E-state index in [-0.39, 0.29) is 47.9 Å². The number of aryl methyl sites for hydroxylation is 2. The van der Waals surface area contributed by atoms with Crippen molar-refractivity contribution < 1.29 is 34.4 Å². The van der Waals surface area contributed by atoms with E-state index in [4.69, 9.17) is 9.40 Å². The number of pyridine rings is 1. The Morgan fingerprint density at radius 1 is 0.857 bits per heavy atom. The minimum atomic E-state index is -0.337. The maximum atomic E-state index is 12.2. The minimum Gasteiger partial charge on any atom is -0.512 e. The monoisotopic (exact) mass is 949 g/mol. The van der Waals surface area contributed by atoms with E-state index < -0.39 is 0 Å². The summed E-state index contributed by atoms with van der Waals surface area (Å²) in [7, 11) is 0. The number of nitrogens with zero attached hydrogens (tertiary/aromatic N) is 1. The fourth-order valence-corrected chi connectivity index (χ4v) is 8.66. The van der Waals surface area contributed by atoms with Crippen molar-refractivity contribution in [3.63, 3.8) is 0 Å². The van der Waals surface area contributed by atoms with Crippen molar-refractivity contribution in [2.45, 2.75) is 128 Å². The number of hydrogen-bond acceptors (Lipinski definition) is 5. The minimum absolute atomic E-state index is 0. The number of allylic oxidation sites excluding steroid dienone is 2. The van der Waals surface area contributed by atoms with Crippen LogP contribution in [0, 0.1) is 36.7 Å². The van der Waals surface area contributed by atoms with Gasteiger partial charge < -0.3 is 9.52 Å². The number of aromatic nitrogens is 1. The summed E-state index contributed by atoms with van der Waals surface area (Å²) in [5.74, 6) is 1.85. The molecule has 0 saturated heterocycles. The summed E-state index contributed by atoms with van der Waals surface area (Å²) in [6.45, 7) is 27.9. The summed E-state index contributed by atoms with van der Waals surface area (Å²) in [6, 6.07) is 23.2. The topological polar surface area (TPSA) is 63.3 Å². The number of benzene rings is 3. The van der Waals surface area contributed by atoms with Gasteiger partial charge in [-0.05, 0) is 92.5 Å². The summed E-state index contributed by atoms with van der Waals surface area (Å²) in [5, 5.41) is 14.9. The summed E-state index contributed by atoms with van der Waals surface area (Å²) in [4.78, 5) is 18.5. The van der Waals surface area contributed by atoms with Crippen molar-refractivity contribution in [2.24, 2.45) is 16.7 Å². The van der Waals surface area contributed by atoms with Crippen molar-refractivity contribution in [3.05, 3.63) is 100 Å². The largest absolute Gasteiger partial charge is 0.512 e. The molecule has 0 aliphatic carbocycles. The number of ketones is 1. The van der Waals surface area contributed by atoms with Gasteiger partial charge in [-0.15, -0.1) is 40.5 Å². The van der Waals surface area contributed by atoms with Crippen LogP contribution in [0.25, 0.3) is 54.4 Å². The number of carbonyl (C=O) groups is 1. The predicted molar refractivity (Wildman–Crippen MR) is 236 cm³/mol. The molecular formula is C50H62IrNO3S-. The number of furan rings is 1. The summed E-state index contributed by atoms with van der Waals surface area (Å²) in [5.41, 5.74) is 6.99. The number of rotatable bonds is 11. The van der Waals surface area contributed by atoms with Crippen molar-refractivity contribution >= 4 is 48.9 Å². The van der Waals surface area contributed by atoms with Gasteiger partial charge in [0.1, 0.15) is 17.1 Å². The number of fused-ring (bicyclic) bond motifs is 3. The average Bonchev–Trinajstić information content (AvgIpc) is 3.67. The molecule has 6 heteroatoms. The van der Waals surface area contributed by atoms with Gasteiger partial charge in [0, 0.05) is 75.0 Å². The zero-order valence-corrected chi connectivity index (χ0v) is 39.1. The molecule has 1 radical (unpaired) electrons. The number of hydrogen-bond donors (Lipinski definition) is 1. The first-order chi connectivity index (χ1) is 25.9. The van der Waals surface area contributed by atoms with E-state index in [9.17, 15) is 9.90 Å². The van der Waals surface area contributed by atoms with Gasteiger partial charge in [-0.1, -0.05) is 105 Å². The zero-order valence-electron chi connectivity index (χ0n) is 35.9. The van der Waals surface area contributed by atoms with Gasteiger partial charge in [0.05, 0.1) is 0 Å². The molecule has 0 atom stereocenters. The Bertz CT molecular complexity index is 2340. The van der Waals surface area contributed by atoms with Crippen LogP contribution < -0.4 is 0 Å². The van der Waals surface area contributed by atoms with E-state index in [0.29, 0.717) is 5.92 Å². The number of thiophene rings is 1. The van der Waals surface area contributed by atoms with E-state index in [1.807, 2.05) is 59.1 Å². The Hall–Kier alpha value is -3.57. The van der Waals surface area contributed by atoms with Crippen LogP contribution in [0.4, 0.5) is 0 Å². The van der Waals surface area contributed by atoms with Crippen LogP contribution >= 0.6 is 11.3 Å². The molecule has 0 spiro atoms. The Morgan fingerprint density at radius 2 is 1.50 bits per heavy atom. The fraction of sp³-hybridized carbons (Fsp3) is 0.440. The van der Waals surface area contributed by atoms with Gasteiger partial charge in [-0.2, -0.15) is 0 Å². The molecule has 3 heterocycles. The van der Waals surface area contributed by atoms with Gasteiger partial charge in [0.15, 0.2) is 5.78 Å². The van der Waals surface area contributed by atoms with Crippen molar-refractivity contribution in [1.29, 1.82) is 0 Å². The van der Waals surface area contributed by atoms with Gasteiger partial charge in [0.25, 0.3) is 0 Å². The first-order valence-electron chi connectivity index (χ1n) is 20.2. The Kier molecular flexibility index (Phi) is 14.4. The van der Waals surface area contributed by atoms with Gasteiger partial charge in [-0.3, -0.25) is 9.78 Å². The maximum Gasteiger partial charge on any atom is 0.164 e. The smallest absolute Gasteiger partial charge is 0.164 e. The third-order valence-electron chi connectivity index (χ3n) is 12.2. The van der Waals surface area contributed by atoms with Gasteiger partial charge in [0.2, 0.25) is 0 Å². The molecular weight excluding hydrogens is 887 g/mol. The molecule has 0 saturated carbocycles. The first-order valence-corrected chi connectivity index (χ1v) is 21.0. The third-order valence-corrected chi connectivity index (χ3v) is 13.5. The Morgan fingerprint density at radius 3 is 2.11 bits per heavy atom. The van der Waals surface area contributed by atoms with Crippen molar-refractivity contribution in [2.75, 3.05) is 0 Å². The molecule has 0 amide bonds. The third kappa shape index (κ3) is 9.09. The number of carbonyl (C=O) groups excluding carboxylic acids is 1. The van der Waals surface area contributed by atoms with Crippen LogP contribution in [-0.4, -0.2) is 15.9 Å². The van der Waals surface area contributed by atoms with Gasteiger partial charge >= 0.3 is 0 Å². The molecule has 6 rings (SSSR count). The standard InChI is InChI=1S/C35H34NOS.C15H28O2.Ir/c1-20(2)16-31-21(3)28-18-24(12-13-30(28)38-31)33-22(4)26-14-15-36-32(34(26)37-33)25-17-23-10-8-9-11-27(23)29(19-25)35(5,6)7;1-7-14(5,8-2)12(16)11-13(17)15(6,9-3)10-4;/h8-15,18-20H,16H2,1-7H3;11,16H,7-10H2,1-6H3;/q-1;;/b;12-11-;. The van der Waals surface area contributed by atoms with E-state index in [1.54, 1.807) is 0 Å². The van der Waals surface area contributed by atoms with Crippen molar-refractivity contribution in [1.82, 2.24) is 4.98 Å². The first kappa shape index (κ1) is 45.1. The molecule has 0 bridgehead atoms. The molecule has 0 unspecified atom stereocenters. The fourth-order valence-electron chi connectivity index (χ4n) is 7.25. The number of aliphatic hydroxyl groups excluding tert-OH is 1. The van der Waals surface area contributed by atoms with Crippen LogP contribution in [0.1, 0.15) is 123 Å². The number of aliphatic hydroxyl groups is 1. The summed E-state index contributed by atoms with van der Waals surface area (Å²) < 4.78 is 8.03. The normalized spacial score (nSPS) is 12.6. The van der Waals surface area contributed by atoms with E-state index in [2.05, 4.69) is 109 Å². The molecule has 0 aliphatic rings. The molecule has 3 aromatic heterocycles. The molecule has 56 heavy (non-hydrogen) atoms. The molecule has 4 nitrogen and oxygen atoms in total. The maximum absolute atomic E-state index is 12.2. The van der Waals surface area contributed by atoms with Crippen LogP contribution in [0.3, 0.4) is 0 Å². The molecule has 3 aromatic carbocycles. The predicted octanol–water partition coefficient (Wildman–Crippen LogP) is 15.1. The molecule has 0 aliphatic heterocycles. The summed E-state index contributed by atoms with van der Waals surface area (Å²) in [6.07, 6.45) is 7.77. The van der Waals surface area contributed by atoms with Crippen LogP contribution in [0.5, 0.6) is 0 Å². The molecule has 1 N–H and O–H groups in total. The second-order valence-corrected chi connectivity index (χ2v) is 18.5. The van der Waals surface area contributed by atoms with Crippen molar-refractivity contribution in [3.8, 4) is 22.6 Å². The van der Waals surface area contributed by atoms with Gasteiger partial charge in [-0.25, -0.2) is 0 Å². The molecule has 301 valence electrons. The van der Waals surface area contributed by atoms with E-state index in [1.165, 1.54) is 37.6 Å². The zero-order chi connectivity index (χ0) is 40.5. The molecule has 6 aromatic rings. The average molecular weight is 949 g/mol. The Balaban J connectivity index is 0.000000330. The van der Waals surface area contributed by atoms with E-state index in [0.717, 1.165) is 76.6 Å². The Labute approximate surface area is 353 Å². The van der Waals surface area contributed by atoms with E-state index >= 15 is 0 Å². The SMILES string of the molecule is CCC(C)(CC)C(=O)/C=C(\O)C(C)(CC)CC.Cc1c(CC(C)C)sc2ccc(-c3oc4c(-c5[c-]c6ccccc6c(C(C)(C)C)c5)nccc4c3C)cc12.[Ir]. The quantitative estimate of drug-likeness (QED) is 0.0798. The second-order valence-electron chi connectivity index (χ2n) is 17.4. The second kappa shape index (κ2) is 17.9. The molecule has 0 fully saturated rings. The van der Waals surface area contributed by atoms with Crippen LogP contribution in [-0.2, 0) is 36.7 Å².